The highest BCUT2D eigenvalue weighted by molar-refractivity contribution is 6.33. The quantitative estimate of drug-likeness (QED) is 0.428. The third kappa shape index (κ3) is 6.18. The molecule has 1 amide bonds. The molecule has 0 unspecified atom stereocenters. The van der Waals surface area contributed by atoms with Crippen molar-refractivity contribution in [3.8, 4) is 17.1 Å². The van der Waals surface area contributed by atoms with Crippen molar-refractivity contribution in [2.24, 2.45) is 17.6 Å². The van der Waals surface area contributed by atoms with Gasteiger partial charge in [0.25, 0.3) is 0 Å². The molecule has 0 spiro atoms. The largest absolute Gasteiger partial charge is 0.491 e. The molecule has 3 atom stereocenters. The molecular weight excluding hydrogens is 534 g/mol. The molecule has 0 aliphatic carbocycles. The maximum Gasteiger partial charge on any atom is 0.409 e. The van der Waals surface area contributed by atoms with Crippen molar-refractivity contribution < 1.29 is 24.2 Å². The molecule has 2 fully saturated rings. The molecule has 2 saturated heterocycles. The molecule has 40 heavy (non-hydrogen) atoms. The van der Waals surface area contributed by atoms with Crippen molar-refractivity contribution in [3.05, 3.63) is 40.2 Å². The van der Waals surface area contributed by atoms with E-state index in [1.165, 1.54) is 14.0 Å². The molecule has 10 nitrogen and oxygen atoms in total. The number of aromatic nitrogens is 2. The second-order valence-corrected chi connectivity index (χ2v) is 11.1. The number of hydrogen-bond donors (Lipinski definition) is 2. The van der Waals surface area contributed by atoms with Crippen LogP contribution in [0.2, 0.25) is 5.02 Å². The predicted octanol–water partition coefficient (Wildman–Crippen LogP) is 4.06. The third-order valence-corrected chi connectivity index (χ3v) is 7.89. The number of carbonyl (C=O) groups excluding carboxylic acids is 2. The monoisotopic (exact) mass is 571 g/mol. The number of allylic oxidation sites excluding steroid dienone is 2. The number of aliphatic hydroxyl groups is 1. The van der Waals surface area contributed by atoms with E-state index >= 15 is 0 Å². The number of ketones is 1. The van der Waals surface area contributed by atoms with Gasteiger partial charge in [0, 0.05) is 54.8 Å². The van der Waals surface area contributed by atoms with Crippen LogP contribution in [0.3, 0.4) is 0 Å². The molecule has 0 radical (unpaired) electrons. The summed E-state index contributed by atoms with van der Waals surface area (Å²) in [5.74, 6) is 1.91. The van der Waals surface area contributed by atoms with Gasteiger partial charge in [0.1, 0.15) is 18.2 Å². The number of aliphatic hydroxyl groups excluding tert-OH is 1. The van der Waals surface area contributed by atoms with Gasteiger partial charge in [0.2, 0.25) is 0 Å². The third-order valence-electron chi connectivity index (χ3n) is 7.56. The Morgan fingerprint density at radius 2 is 1.85 bits per heavy atom. The number of rotatable bonds is 9. The normalized spacial score (nSPS) is 19.8. The van der Waals surface area contributed by atoms with Gasteiger partial charge < -0.3 is 30.1 Å². The SMILES string of the molecule is CCC[C@@H](O)COc1ccc(Cl)c(-c2nc(C(C(C)=O)=C(C)N)c(C)c(N3C[C@H]4CN(C(=O)OC)C[C@H]4C3)n2)c1. The number of likely N-dealkylation sites (tertiary alicyclic amines) is 1. The first-order valence-electron chi connectivity index (χ1n) is 13.6. The molecule has 3 heterocycles. The van der Waals surface area contributed by atoms with Crippen molar-refractivity contribution in [2.75, 3.05) is 44.8 Å². The summed E-state index contributed by atoms with van der Waals surface area (Å²) in [5.41, 5.74) is 8.63. The van der Waals surface area contributed by atoms with Crippen LogP contribution in [0.25, 0.3) is 17.0 Å². The zero-order chi connectivity index (χ0) is 29.1. The first-order chi connectivity index (χ1) is 19.0. The van der Waals surface area contributed by atoms with E-state index in [2.05, 4.69) is 4.90 Å². The van der Waals surface area contributed by atoms with E-state index < -0.39 is 6.10 Å². The molecular formula is C29H38ClN5O5. The lowest BCUT2D eigenvalue weighted by molar-refractivity contribution is -0.111. The minimum absolute atomic E-state index is 0.156. The van der Waals surface area contributed by atoms with Crippen LogP contribution in [0.4, 0.5) is 10.6 Å². The van der Waals surface area contributed by atoms with Gasteiger partial charge in [0.15, 0.2) is 11.6 Å². The number of carbonyl (C=O) groups is 2. The van der Waals surface area contributed by atoms with Gasteiger partial charge in [-0.05, 0) is 45.4 Å². The van der Waals surface area contributed by atoms with Crippen LogP contribution >= 0.6 is 11.6 Å². The Kier molecular flexibility index (Phi) is 9.20. The fourth-order valence-corrected chi connectivity index (χ4v) is 5.83. The number of fused-ring (bicyclic) bond motifs is 1. The minimum Gasteiger partial charge on any atom is -0.491 e. The number of nitrogens with zero attached hydrogens (tertiary/aromatic N) is 4. The van der Waals surface area contributed by atoms with E-state index in [-0.39, 0.29) is 30.3 Å². The molecule has 0 saturated carbocycles. The number of hydrogen-bond acceptors (Lipinski definition) is 9. The average molecular weight is 572 g/mol. The van der Waals surface area contributed by atoms with Crippen LogP contribution in [-0.4, -0.2) is 77.9 Å². The molecule has 2 aliphatic rings. The van der Waals surface area contributed by atoms with Crippen molar-refractivity contribution in [3.63, 3.8) is 0 Å². The van der Waals surface area contributed by atoms with Gasteiger partial charge >= 0.3 is 6.09 Å². The Morgan fingerprint density at radius 3 is 2.42 bits per heavy atom. The average Bonchev–Trinajstić information content (AvgIpc) is 3.48. The number of methoxy groups -OCH3 is 1. The highest BCUT2D eigenvalue weighted by Gasteiger charge is 2.43. The zero-order valence-corrected chi connectivity index (χ0v) is 24.5. The number of ether oxygens (including phenoxy) is 2. The zero-order valence-electron chi connectivity index (χ0n) is 23.7. The van der Waals surface area contributed by atoms with Crippen molar-refractivity contribution >= 4 is 34.9 Å². The number of halogens is 1. The van der Waals surface area contributed by atoms with E-state index in [0.29, 0.717) is 77.5 Å². The van der Waals surface area contributed by atoms with Gasteiger partial charge in [-0.3, -0.25) is 4.79 Å². The van der Waals surface area contributed by atoms with Crippen LogP contribution in [-0.2, 0) is 9.53 Å². The lowest BCUT2D eigenvalue weighted by Crippen LogP contribution is -2.33. The van der Waals surface area contributed by atoms with E-state index in [1.807, 2.05) is 13.8 Å². The van der Waals surface area contributed by atoms with E-state index in [0.717, 1.165) is 12.0 Å². The van der Waals surface area contributed by atoms with E-state index in [4.69, 9.17) is 36.8 Å². The van der Waals surface area contributed by atoms with Crippen molar-refractivity contribution in [2.45, 2.75) is 46.6 Å². The first kappa shape index (κ1) is 29.6. The maximum absolute atomic E-state index is 12.7. The lowest BCUT2D eigenvalue weighted by atomic mass is 10.0. The number of benzene rings is 1. The topological polar surface area (TPSA) is 131 Å². The summed E-state index contributed by atoms with van der Waals surface area (Å²) >= 11 is 6.64. The van der Waals surface area contributed by atoms with Gasteiger partial charge in [0.05, 0.1) is 29.5 Å². The highest BCUT2D eigenvalue weighted by atomic mass is 35.5. The molecule has 1 aromatic carbocycles. The smallest absolute Gasteiger partial charge is 0.409 e. The Morgan fingerprint density at radius 1 is 1.18 bits per heavy atom. The molecule has 216 valence electrons. The van der Waals surface area contributed by atoms with Crippen LogP contribution in [0.5, 0.6) is 5.75 Å². The van der Waals surface area contributed by atoms with Crippen molar-refractivity contribution in [1.82, 2.24) is 14.9 Å². The molecule has 2 aromatic rings. The van der Waals surface area contributed by atoms with E-state index in [9.17, 15) is 14.7 Å². The van der Waals surface area contributed by atoms with Crippen molar-refractivity contribution in [1.29, 1.82) is 0 Å². The number of anilines is 1. The number of nitrogens with two attached hydrogens (primary N) is 1. The molecule has 1 aromatic heterocycles. The molecule has 11 heteroatoms. The highest BCUT2D eigenvalue weighted by Crippen LogP contribution is 2.38. The Balaban J connectivity index is 1.74. The Labute approximate surface area is 240 Å². The predicted molar refractivity (Wildman–Crippen MR) is 154 cm³/mol. The molecule has 3 N–H and O–H groups in total. The Hall–Kier alpha value is -3.37. The summed E-state index contributed by atoms with van der Waals surface area (Å²) in [7, 11) is 1.40. The summed E-state index contributed by atoms with van der Waals surface area (Å²) in [5, 5.41) is 10.5. The first-order valence-corrected chi connectivity index (χ1v) is 14.0. The Bertz CT molecular complexity index is 1300. The van der Waals surface area contributed by atoms with Gasteiger partial charge in [-0.2, -0.15) is 0 Å². The fraction of sp³-hybridized carbons (Fsp3) is 0.517. The number of Topliss-reactive ketones (excluding diaryl/α,β-unsaturated/α-hetero) is 1. The maximum atomic E-state index is 12.7. The van der Waals surface area contributed by atoms with Crippen LogP contribution in [0, 0.1) is 18.8 Å². The lowest BCUT2D eigenvalue weighted by Gasteiger charge is -2.25. The molecule has 2 aliphatic heterocycles. The number of amides is 1. The van der Waals surface area contributed by atoms with E-state index in [1.54, 1.807) is 30.0 Å². The summed E-state index contributed by atoms with van der Waals surface area (Å²) in [6.45, 7) is 9.83. The molecule has 0 bridgehead atoms. The van der Waals surface area contributed by atoms with Gasteiger partial charge in [-0.25, -0.2) is 14.8 Å². The standard InChI is InChI=1S/C29H38ClN5O5/c1-6-7-21(37)15-40-22-8-9-24(30)23(10-22)27-32-26(25(17(3)31)18(4)36)16(2)28(33-27)34-11-19-13-35(29(38)39-5)14-20(19)12-34/h8-10,19-21,37H,6-7,11-15,31H2,1-5H3/t19-,20+,21-/m1/s1. The fourth-order valence-electron chi connectivity index (χ4n) is 5.63. The summed E-state index contributed by atoms with van der Waals surface area (Å²) in [4.78, 5) is 38.5. The summed E-state index contributed by atoms with van der Waals surface area (Å²) < 4.78 is 10.7. The van der Waals surface area contributed by atoms with Crippen LogP contribution in [0.1, 0.15) is 44.9 Å². The van der Waals surface area contributed by atoms with Gasteiger partial charge in [-0.15, -0.1) is 0 Å². The summed E-state index contributed by atoms with van der Waals surface area (Å²) in [6.07, 6.45) is 0.614. The second-order valence-electron chi connectivity index (χ2n) is 10.7. The summed E-state index contributed by atoms with van der Waals surface area (Å²) in [6, 6.07) is 5.19. The second kappa shape index (κ2) is 12.4. The molecule has 4 rings (SSSR count). The van der Waals surface area contributed by atoms with Crippen LogP contribution < -0.4 is 15.4 Å². The minimum atomic E-state index is -0.571. The van der Waals surface area contributed by atoms with Gasteiger partial charge in [-0.1, -0.05) is 24.9 Å². The van der Waals surface area contributed by atoms with Crippen LogP contribution in [0.15, 0.2) is 23.9 Å².